The maximum Gasteiger partial charge on any atom is 0.255 e. The summed E-state index contributed by atoms with van der Waals surface area (Å²) in [4.78, 5) is 12.8. The summed E-state index contributed by atoms with van der Waals surface area (Å²) in [6.45, 7) is 8.88. The van der Waals surface area contributed by atoms with Gasteiger partial charge < -0.3 is 11.1 Å². The van der Waals surface area contributed by atoms with Crippen molar-refractivity contribution in [3.63, 3.8) is 0 Å². The predicted molar refractivity (Wildman–Crippen MR) is 93.5 cm³/mol. The highest BCUT2D eigenvalue weighted by atomic mass is 16.1. The van der Waals surface area contributed by atoms with Gasteiger partial charge in [-0.25, -0.2) is 0 Å². The van der Waals surface area contributed by atoms with Crippen LogP contribution in [0, 0.1) is 5.92 Å². The van der Waals surface area contributed by atoms with E-state index in [2.05, 4.69) is 38.1 Å². The molecule has 1 saturated carbocycles. The molecule has 0 radical (unpaired) electrons. The molecule has 1 atom stereocenters. The van der Waals surface area contributed by atoms with Gasteiger partial charge >= 0.3 is 0 Å². The standard InChI is InChI=1S/C18H32N4O/c1-5-16-14(12-20-22(16)18(2,3)4)17(23)21-15(11-19)13-9-7-6-8-10-13/h12-13,15H,5-11,19H2,1-4H3,(H,21,23). The van der Waals surface area contributed by atoms with Crippen LogP contribution in [0.15, 0.2) is 6.20 Å². The molecule has 1 aliphatic rings. The summed E-state index contributed by atoms with van der Waals surface area (Å²) < 4.78 is 1.96. The SMILES string of the molecule is CCc1c(C(=O)NC(CN)C2CCCCC2)cnn1C(C)(C)C. The number of carbonyl (C=O) groups excluding carboxylic acids is 1. The molecule has 1 aromatic rings. The minimum absolute atomic E-state index is 0.0293. The van der Waals surface area contributed by atoms with Gasteiger partial charge in [-0.1, -0.05) is 26.2 Å². The lowest BCUT2D eigenvalue weighted by Crippen LogP contribution is -2.46. The quantitative estimate of drug-likeness (QED) is 0.876. The minimum atomic E-state index is -0.124. The van der Waals surface area contributed by atoms with Crippen molar-refractivity contribution in [2.24, 2.45) is 11.7 Å². The van der Waals surface area contributed by atoms with E-state index in [-0.39, 0.29) is 17.5 Å². The van der Waals surface area contributed by atoms with Crippen molar-refractivity contribution in [3.8, 4) is 0 Å². The first-order valence-corrected chi connectivity index (χ1v) is 8.96. The van der Waals surface area contributed by atoms with Gasteiger partial charge in [0.2, 0.25) is 0 Å². The summed E-state index contributed by atoms with van der Waals surface area (Å²) in [5.41, 5.74) is 7.50. The Labute approximate surface area is 140 Å². The molecule has 1 aromatic heterocycles. The van der Waals surface area contributed by atoms with Gasteiger partial charge in [0.05, 0.1) is 23.0 Å². The van der Waals surface area contributed by atoms with Crippen LogP contribution in [0.1, 0.15) is 75.9 Å². The Morgan fingerprint density at radius 3 is 2.57 bits per heavy atom. The van der Waals surface area contributed by atoms with Crippen LogP contribution in [0.4, 0.5) is 0 Å². The maximum absolute atomic E-state index is 12.8. The van der Waals surface area contributed by atoms with Crippen LogP contribution in [0.2, 0.25) is 0 Å². The van der Waals surface area contributed by atoms with E-state index in [0.29, 0.717) is 18.0 Å². The fourth-order valence-corrected chi connectivity index (χ4v) is 3.63. The largest absolute Gasteiger partial charge is 0.348 e. The number of nitrogens with one attached hydrogen (secondary N) is 1. The molecule has 2 rings (SSSR count). The molecule has 130 valence electrons. The maximum atomic E-state index is 12.8. The highest BCUT2D eigenvalue weighted by molar-refractivity contribution is 5.95. The van der Waals surface area contributed by atoms with E-state index in [1.54, 1.807) is 6.20 Å². The number of amides is 1. The van der Waals surface area contributed by atoms with E-state index >= 15 is 0 Å². The average Bonchev–Trinajstić information content (AvgIpc) is 2.97. The molecule has 1 unspecified atom stereocenters. The van der Waals surface area contributed by atoms with Crippen LogP contribution >= 0.6 is 0 Å². The van der Waals surface area contributed by atoms with E-state index in [0.717, 1.165) is 12.1 Å². The van der Waals surface area contributed by atoms with Crippen molar-refractivity contribution >= 4 is 5.91 Å². The molecular weight excluding hydrogens is 288 g/mol. The zero-order chi connectivity index (χ0) is 17.0. The van der Waals surface area contributed by atoms with Gasteiger partial charge in [0.25, 0.3) is 5.91 Å². The summed E-state index contributed by atoms with van der Waals surface area (Å²) in [6.07, 6.45) is 8.64. The normalized spacial score (nSPS) is 18.0. The predicted octanol–water partition coefficient (Wildman–Crippen LogP) is 2.84. The second-order valence-corrected chi connectivity index (χ2v) is 7.65. The molecule has 1 amide bonds. The number of hydrogen-bond donors (Lipinski definition) is 2. The second-order valence-electron chi connectivity index (χ2n) is 7.65. The third-order valence-electron chi connectivity index (χ3n) is 4.87. The van der Waals surface area contributed by atoms with Crippen LogP contribution in [0.25, 0.3) is 0 Å². The summed E-state index contributed by atoms with van der Waals surface area (Å²) in [5.74, 6) is 0.485. The lowest BCUT2D eigenvalue weighted by molar-refractivity contribution is 0.0914. The molecule has 1 aliphatic carbocycles. The Bertz CT molecular complexity index is 524. The molecule has 1 fully saturated rings. The number of nitrogens with zero attached hydrogens (tertiary/aromatic N) is 2. The van der Waals surface area contributed by atoms with Crippen LogP contribution in [-0.2, 0) is 12.0 Å². The third-order valence-corrected chi connectivity index (χ3v) is 4.87. The second kappa shape index (κ2) is 7.47. The molecule has 0 spiro atoms. The average molecular weight is 320 g/mol. The van der Waals surface area contributed by atoms with E-state index < -0.39 is 0 Å². The highest BCUT2D eigenvalue weighted by Crippen LogP contribution is 2.26. The van der Waals surface area contributed by atoms with E-state index in [1.807, 2.05) is 4.68 Å². The molecule has 0 bridgehead atoms. The first kappa shape index (κ1) is 18.0. The van der Waals surface area contributed by atoms with Crippen LogP contribution in [0.3, 0.4) is 0 Å². The fourth-order valence-electron chi connectivity index (χ4n) is 3.63. The van der Waals surface area contributed by atoms with Crippen molar-refractivity contribution in [1.29, 1.82) is 0 Å². The Kier molecular flexibility index (Phi) is 5.84. The van der Waals surface area contributed by atoms with E-state index in [1.165, 1.54) is 32.1 Å². The number of nitrogens with two attached hydrogens (primary N) is 1. The number of aromatic nitrogens is 2. The van der Waals surface area contributed by atoms with Gasteiger partial charge in [-0.3, -0.25) is 9.48 Å². The van der Waals surface area contributed by atoms with E-state index in [9.17, 15) is 4.79 Å². The highest BCUT2D eigenvalue weighted by Gasteiger charge is 2.27. The van der Waals surface area contributed by atoms with E-state index in [4.69, 9.17) is 5.73 Å². The molecule has 23 heavy (non-hydrogen) atoms. The van der Waals surface area contributed by atoms with Crippen LogP contribution < -0.4 is 11.1 Å². The Morgan fingerprint density at radius 1 is 1.39 bits per heavy atom. The minimum Gasteiger partial charge on any atom is -0.348 e. The Hall–Kier alpha value is -1.36. The topological polar surface area (TPSA) is 72.9 Å². The summed E-state index contributed by atoms with van der Waals surface area (Å²) in [5, 5.41) is 7.62. The first-order valence-electron chi connectivity index (χ1n) is 8.96. The van der Waals surface area contributed by atoms with Crippen molar-refractivity contribution in [1.82, 2.24) is 15.1 Å². The molecule has 0 aromatic carbocycles. The Morgan fingerprint density at radius 2 is 2.04 bits per heavy atom. The van der Waals surface area contributed by atoms with Gasteiger partial charge in [0, 0.05) is 12.6 Å². The van der Waals surface area contributed by atoms with Gasteiger partial charge in [0.1, 0.15) is 0 Å². The van der Waals surface area contributed by atoms with Crippen molar-refractivity contribution < 1.29 is 4.79 Å². The molecule has 3 N–H and O–H groups in total. The fraction of sp³-hybridized carbons (Fsp3) is 0.778. The lowest BCUT2D eigenvalue weighted by atomic mass is 9.84. The van der Waals surface area contributed by atoms with Crippen molar-refractivity contribution in [2.75, 3.05) is 6.54 Å². The first-order chi connectivity index (χ1) is 10.9. The summed E-state index contributed by atoms with van der Waals surface area (Å²) in [7, 11) is 0. The smallest absolute Gasteiger partial charge is 0.255 e. The van der Waals surface area contributed by atoms with Crippen molar-refractivity contribution in [3.05, 3.63) is 17.5 Å². The lowest BCUT2D eigenvalue weighted by Gasteiger charge is -2.30. The molecule has 0 saturated heterocycles. The Balaban J connectivity index is 2.15. The summed E-state index contributed by atoms with van der Waals surface area (Å²) in [6, 6.07) is 0.0745. The third kappa shape index (κ3) is 4.14. The zero-order valence-electron chi connectivity index (χ0n) is 15.1. The van der Waals surface area contributed by atoms with Gasteiger partial charge in [0.15, 0.2) is 0 Å². The monoisotopic (exact) mass is 320 g/mol. The molecule has 5 nitrogen and oxygen atoms in total. The van der Waals surface area contributed by atoms with Gasteiger partial charge in [-0.05, 0) is 46.0 Å². The molecule has 0 aliphatic heterocycles. The molecule has 5 heteroatoms. The van der Waals surface area contributed by atoms with Gasteiger partial charge in [-0.2, -0.15) is 5.10 Å². The molecular formula is C18H32N4O. The number of hydrogen-bond acceptors (Lipinski definition) is 3. The van der Waals surface area contributed by atoms with Crippen LogP contribution in [0.5, 0.6) is 0 Å². The van der Waals surface area contributed by atoms with Crippen LogP contribution in [-0.4, -0.2) is 28.3 Å². The summed E-state index contributed by atoms with van der Waals surface area (Å²) >= 11 is 0. The van der Waals surface area contributed by atoms with Gasteiger partial charge in [-0.15, -0.1) is 0 Å². The number of rotatable bonds is 5. The molecule has 1 heterocycles. The zero-order valence-corrected chi connectivity index (χ0v) is 15.1. The van der Waals surface area contributed by atoms with Crippen molar-refractivity contribution in [2.45, 2.75) is 77.8 Å². The number of carbonyl (C=O) groups is 1.